The zero-order chi connectivity index (χ0) is 17.3. The Morgan fingerprint density at radius 2 is 1.83 bits per heavy atom. The molecule has 0 amide bonds. The number of allylic oxidation sites excluding steroid dienone is 1. The summed E-state index contributed by atoms with van der Waals surface area (Å²) in [4.78, 5) is 12.1. The van der Waals surface area contributed by atoms with Gasteiger partial charge in [0.2, 0.25) is 0 Å². The lowest BCUT2D eigenvalue weighted by Gasteiger charge is -2.63. The van der Waals surface area contributed by atoms with Gasteiger partial charge in [-0.15, -0.1) is 5.11 Å². The van der Waals surface area contributed by atoms with Crippen molar-refractivity contribution in [3.8, 4) is 0 Å². The first-order valence-corrected chi connectivity index (χ1v) is 10.1. The van der Waals surface area contributed by atoms with Gasteiger partial charge in [-0.05, 0) is 79.6 Å². The highest BCUT2D eigenvalue weighted by molar-refractivity contribution is 6.59. The summed E-state index contributed by atoms with van der Waals surface area (Å²) in [6.45, 7) is 2.35. The molecule has 0 bridgehead atoms. The van der Waals surface area contributed by atoms with Crippen LogP contribution in [-0.2, 0) is 4.79 Å². The van der Waals surface area contributed by atoms with E-state index in [4.69, 9.17) is 0 Å². The molecule has 6 atom stereocenters. The van der Waals surface area contributed by atoms with Gasteiger partial charge in [0.25, 0.3) is 0 Å². The van der Waals surface area contributed by atoms with Crippen LogP contribution in [0.3, 0.4) is 0 Å². The molecule has 3 fully saturated rings. The molecule has 128 valence electrons. The third-order valence-electron chi connectivity index (χ3n) is 8.78. The summed E-state index contributed by atoms with van der Waals surface area (Å²) in [5.41, 5.74) is 1.82. The molecule has 0 aromatic heterocycles. The van der Waals surface area contributed by atoms with Crippen LogP contribution in [0.5, 0.6) is 0 Å². The lowest BCUT2D eigenvalue weighted by Crippen LogP contribution is -2.57. The summed E-state index contributed by atoms with van der Waals surface area (Å²) in [6, 6.07) is 0. The van der Waals surface area contributed by atoms with E-state index in [1.807, 2.05) is 6.08 Å². The fraction of sp³-hybridized carbons (Fsp3) is 0.842. The first-order chi connectivity index (χ1) is 11.2. The number of fused-ring (bicyclic) bond motifs is 5. The van der Waals surface area contributed by atoms with Crippen molar-refractivity contribution in [2.45, 2.75) is 69.5 Å². The molecule has 0 radical (unpaired) electrons. The van der Waals surface area contributed by atoms with E-state index in [1.165, 1.54) is 31.3 Å². The Hall–Kier alpha value is -0.435. The minimum absolute atomic E-state index is 0.0982. The highest BCUT2D eigenvalue weighted by Crippen LogP contribution is 2.69. The summed E-state index contributed by atoms with van der Waals surface area (Å²) in [5, 5.41) is 10.8. The lowest BCUT2D eigenvalue weighted by atomic mass is 9.25. The van der Waals surface area contributed by atoms with Crippen LogP contribution >= 0.6 is 0 Å². The van der Waals surface area contributed by atoms with Gasteiger partial charge in [0.15, 0.2) is 5.78 Å². The van der Waals surface area contributed by atoms with Crippen molar-refractivity contribution < 1.29 is 9.90 Å². The predicted molar refractivity (Wildman–Crippen MR) is 105 cm³/mol. The Labute approximate surface area is 149 Å². The van der Waals surface area contributed by atoms with Gasteiger partial charge < -0.3 is 5.11 Å². The van der Waals surface area contributed by atoms with Gasteiger partial charge in [0, 0.05) is 6.42 Å². The van der Waals surface area contributed by atoms with E-state index in [0.717, 1.165) is 31.6 Å². The van der Waals surface area contributed by atoms with E-state index >= 15 is 0 Å². The Bertz CT molecular complexity index is 596. The van der Waals surface area contributed by atoms with E-state index < -0.39 is 0 Å². The molecule has 0 aromatic carbocycles. The molecule has 0 saturated heterocycles. The van der Waals surface area contributed by atoms with Crippen LogP contribution in [0.2, 0.25) is 5.11 Å². The summed E-state index contributed by atoms with van der Waals surface area (Å²) < 4.78 is 0. The molecule has 5 heteroatoms. The maximum absolute atomic E-state index is 12.1. The van der Waals surface area contributed by atoms with Crippen LogP contribution in [-0.4, -0.2) is 40.5 Å². The van der Waals surface area contributed by atoms with Crippen molar-refractivity contribution in [2.24, 2.45) is 28.6 Å². The van der Waals surface area contributed by atoms with Gasteiger partial charge in [-0.1, -0.05) is 12.5 Å². The van der Waals surface area contributed by atoms with E-state index in [2.05, 4.69) is 30.5 Å². The molecular weight excluding hydrogens is 293 g/mol. The highest BCUT2D eigenvalue weighted by atomic mass is 16.3. The monoisotopic (exact) mass is 324 g/mol. The Morgan fingerprint density at radius 1 is 1.08 bits per heavy atom. The van der Waals surface area contributed by atoms with Crippen molar-refractivity contribution in [3.63, 3.8) is 0 Å². The minimum Gasteiger partial charge on any atom is -0.393 e. The van der Waals surface area contributed by atoms with Gasteiger partial charge in [-0.3, -0.25) is 4.79 Å². The lowest BCUT2D eigenvalue weighted by molar-refractivity contribution is -0.118. The number of carbonyl (C=O) groups excluding carboxylic acids is 1. The van der Waals surface area contributed by atoms with Crippen LogP contribution in [0.25, 0.3) is 0 Å². The number of aliphatic hydroxyl groups excluding tert-OH is 1. The van der Waals surface area contributed by atoms with Crippen LogP contribution < -0.4 is 0 Å². The number of ketones is 1. The maximum atomic E-state index is 12.1. The van der Waals surface area contributed by atoms with Gasteiger partial charge in [-0.2, -0.15) is 0 Å². The van der Waals surface area contributed by atoms with Gasteiger partial charge >= 0.3 is 0 Å². The molecule has 0 aromatic rings. The third kappa shape index (κ3) is 2.06. The van der Waals surface area contributed by atoms with E-state index in [9.17, 15) is 9.90 Å². The van der Waals surface area contributed by atoms with Gasteiger partial charge in [-0.25, -0.2) is 0 Å². The average Bonchev–Trinajstić information content (AvgIpc) is 2.81. The molecule has 4 rings (SSSR count). The predicted octanol–water partition coefficient (Wildman–Crippen LogP) is 0.832. The molecule has 2 nitrogen and oxygen atoms in total. The third-order valence-corrected chi connectivity index (χ3v) is 8.78. The summed E-state index contributed by atoms with van der Waals surface area (Å²) >= 11 is 0. The smallest absolute Gasteiger partial charge is 0.155 e. The second-order valence-electron chi connectivity index (χ2n) is 10.4. The topological polar surface area (TPSA) is 37.3 Å². The zero-order valence-corrected chi connectivity index (χ0v) is 15.9. The van der Waals surface area contributed by atoms with Crippen LogP contribution in [0, 0.1) is 28.6 Å². The molecule has 3 saturated carbocycles. The largest absolute Gasteiger partial charge is 0.393 e. The number of rotatable bonds is 1. The Morgan fingerprint density at radius 3 is 2.54 bits per heavy atom. The van der Waals surface area contributed by atoms with Gasteiger partial charge in [0.1, 0.15) is 0 Å². The molecule has 2 unspecified atom stereocenters. The van der Waals surface area contributed by atoms with Crippen LogP contribution in [0.4, 0.5) is 0 Å². The average molecular weight is 324 g/mol. The van der Waals surface area contributed by atoms with Crippen LogP contribution in [0.1, 0.15) is 58.3 Å². The zero-order valence-electron chi connectivity index (χ0n) is 15.9. The van der Waals surface area contributed by atoms with E-state index in [1.54, 1.807) is 0 Å². The SMILES string of the molecule is BC(B)(B)C12CCC(=O)C=C1CC[C@H]1[C@@H]3CC[C@H](O)C3(C)CC[C@@H]12. The van der Waals surface area contributed by atoms with E-state index in [0.29, 0.717) is 17.6 Å². The molecule has 0 heterocycles. The van der Waals surface area contributed by atoms with Crippen molar-refractivity contribution in [2.75, 3.05) is 0 Å². The van der Waals surface area contributed by atoms with Crippen molar-refractivity contribution in [3.05, 3.63) is 11.6 Å². The Kier molecular flexibility index (Phi) is 3.74. The number of hydrogen-bond acceptors (Lipinski definition) is 2. The quantitative estimate of drug-likeness (QED) is 0.726. The molecular formula is C19H31B3O2. The molecule has 0 aliphatic heterocycles. The fourth-order valence-electron chi connectivity index (χ4n) is 7.60. The second kappa shape index (κ2) is 5.28. The van der Waals surface area contributed by atoms with Crippen molar-refractivity contribution in [1.82, 2.24) is 0 Å². The van der Waals surface area contributed by atoms with Crippen LogP contribution in [0.15, 0.2) is 11.6 Å². The van der Waals surface area contributed by atoms with E-state index in [-0.39, 0.29) is 22.0 Å². The first kappa shape index (κ1) is 17.0. The molecule has 4 aliphatic carbocycles. The Balaban J connectivity index is 1.78. The summed E-state index contributed by atoms with van der Waals surface area (Å²) in [6.07, 6.45) is 10.6. The van der Waals surface area contributed by atoms with Crippen molar-refractivity contribution >= 4 is 29.3 Å². The maximum Gasteiger partial charge on any atom is 0.155 e. The number of carbonyl (C=O) groups is 1. The second-order valence-corrected chi connectivity index (χ2v) is 10.4. The molecule has 4 aliphatic rings. The molecule has 0 spiro atoms. The van der Waals surface area contributed by atoms with Gasteiger partial charge in [0.05, 0.1) is 29.6 Å². The highest BCUT2D eigenvalue weighted by Gasteiger charge is 2.62. The molecule has 24 heavy (non-hydrogen) atoms. The summed E-state index contributed by atoms with van der Waals surface area (Å²) in [7, 11) is 7.20. The minimum atomic E-state index is -0.0982. The molecule has 1 N–H and O–H groups in total. The first-order valence-electron chi connectivity index (χ1n) is 10.1. The fourth-order valence-corrected chi connectivity index (χ4v) is 7.60. The number of hydrogen-bond donors (Lipinski definition) is 1. The summed E-state index contributed by atoms with van der Waals surface area (Å²) in [5.74, 6) is 2.48. The van der Waals surface area contributed by atoms with Crippen molar-refractivity contribution in [1.29, 1.82) is 0 Å². The standard InChI is InChI=1S/C19H31B3O2/c1-17-8-7-15-13(14(17)4-5-16(17)24)3-2-11-10-12(23)6-9-18(11,15)19(20,21)22/h10,13-16,24H,2-9,20-22H2,1H3/t13-,14-,15-,16-,17?,18?/m0/s1. The number of aliphatic hydroxyl groups is 1. The normalized spacial score (nSPS) is 48.2.